The Balaban J connectivity index is 1.47. The van der Waals surface area contributed by atoms with Crippen LogP contribution in [-0.4, -0.2) is 68.2 Å². The van der Waals surface area contributed by atoms with Crippen molar-refractivity contribution in [2.45, 2.75) is 64.0 Å². The zero-order valence-corrected chi connectivity index (χ0v) is 23.0. The van der Waals surface area contributed by atoms with Gasteiger partial charge in [-0.15, -0.1) is 11.3 Å². The highest BCUT2D eigenvalue weighted by atomic mass is 32.1. The van der Waals surface area contributed by atoms with Crippen molar-refractivity contribution >= 4 is 23.2 Å². The van der Waals surface area contributed by atoms with Crippen LogP contribution in [0.3, 0.4) is 0 Å². The second-order valence-electron chi connectivity index (χ2n) is 10.0. The van der Waals surface area contributed by atoms with Crippen LogP contribution in [0, 0.1) is 5.92 Å². The molecule has 2 fully saturated rings. The predicted molar refractivity (Wildman–Crippen MR) is 145 cm³/mol. The first-order valence-corrected chi connectivity index (χ1v) is 14.4. The van der Waals surface area contributed by atoms with E-state index in [9.17, 15) is 9.59 Å². The SMILES string of the molecule is COc1ccc(CCN(Cc2cccs2)C(=O)CN(CC2CCCO2)C(=O)C2CCCCC2)cc1OC. The molecule has 2 heterocycles. The quantitative estimate of drug-likeness (QED) is 0.391. The monoisotopic (exact) mass is 528 g/mol. The van der Waals surface area contributed by atoms with Crippen molar-refractivity contribution in [2.24, 2.45) is 5.92 Å². The second kappa shape index (κ2) is 13.8. The van der Waals surface area contributed by atoms with E-state index in [4.69, 9.17) is 14.2 Å². The van der Waals surface area contributed by atoms with Crippen LogP contribution in [0.2, 0.25) is 0 Å². The van der Waals surface area contributed by atoms with E-state index in [1.807, 2.05) is 34.5 Å². The van der Waals surface area contributed by atoms with E-state index in [2.05, 4.69) is 6.07 Å². The molecule has 1 unspecified atom stereocenters. The molecule has 0 bridgehead atoms. The smallest absolute Gasteiger partial charge is 0.242 e. The van der Waals surface area contributed by atoms with Gasteiger partial charge < -0.3 is 24.0 Å². The normalized spacial score (nSPS) is 17.9. The third kappa shape index (κ3) is 7.71. The molecular weight excluding hydrogens is 488 g/mol. The Labute approximate surface area is 224 Å². The Bertz CT molecular complexity index is 1000. The van der Waals surface area contributed by atoms with E-state index in [1.165, 1.54) is 6.42 Å². The highest BCUT2D eigenvalue weighted by molar-refractivity contribution is 7.09. The topological polar surface area (TPSA) is 68.3 Å². The van der Waals surface area contributed by atoms with E-state index < -0.39 is 0 Å². The summed E-state index contributed by atoms with van der Waals surface area (Å²) in [7, 11) is 3.25. The predicted octanol–water partition coefficient (Wildman–Crippen LogP) is 4.92. The maximum atomic E-state index is 13.7. The van der Waals surface area contributed by atoms with Crippen LogP contribution in [-0.2, 0) is 27.3 Å². The molecule has 202 valence electrons. The number of thiophene rings is 1. The zero-order valence-electron chi connectivity index (χ0n) is 22.2. The summed E-state index contributed by atoms with van der Waals surface area (Å²) in [5.74, 6) is 1.50. The Morgan fingerprint density at radius 3 is 2.49 bits per heavy atom. The number of carbonyl (C=O) groups is 2. The molecule has 2 aromatic rings. The van der Waals surface area contributed by atoms with Gasteiger partial charge >= 0.3 is 0 Å². The van der Waals surface area contributed by atoms with Crippen LogP contribution < -0.4 is 9.47 Å². The minimum Gasteiger partial charge on any atom is -0.493 e. The van der Waals surface area contributed by atoms with Crippen molar-refractivity contribution in [3.8, 4) is 11.5 Å². The lowest BCUT2D eigenvalue weighted by atomic mass is 9.88. The molecule has 0 spiro atoms. The van der Waals surface area contributed by atoms with Gasteiger partial charge in [0.1, 0.15) is 0 Å². The maximum Gasteiger partial charge on any atom is 0.242 e. The number of hydrogen-bond acceptors (Lipinski definition) is 6. The van der Waals surface area contributed by atoms with Gasteiger partial charge in [-0.3, -0.25) is 9.59 Å². The van der Waals surface area contributed by atoms with Crippen LogP contribution in [0.5, 0.6) is 11.5 Å². The number of carbonyl (C=O) groups excluding carboxylic acids is 2. The number of ether oxygens (including phenoxy) is 3. The van der Waals surface area contributed by atoms with E-state index in [0.717, 1.165) is 55.6 Å². The van der Waals surface area contributed by atoms with E-state index in [1.54, 1.807) is 30.5 Å². The average molecular weight is 529 g/mol. The molecule has 7 nitrogen and oxygen atoms in total. The van der Waals surface area contributed by atoms with Crippen molar-refractivity contribution in [2.75, 3.05) is 40.5 Å². The lowest BCUT2D eigenvalue weighted by Gasteiger charge is -2.32. The summed E-state index contributed by atoms with van der Waals surface area (Å²) in [6, 6.07) is 9.92. The molecule has 1 aliphatic carbocycles. The van der Waals surface area contributed by atoms with Crippen LogP contribution in [0.4, 0.5) is 0 Å². The standard InChI is InChI=1S/C29H40N2O5S/c1-34-26-13-12-22(18-27(26)35-2)14-15-30(20-25-11-7-17-37-25)28(32)21-31(19-24-10-6-16-36-24)29(33)23-8-4-3-5-9-23/h7,11-13,17-18,23-24H,3-6,8-10,14-16,19-21H2,1-2H3. The molecule has 1 aromatic heterocycles. The van der Waals surface area contributed by atoms with Gasteiger partial charge in [0.25, 0.3) is 0 Å². The van der Waals surface area contributed by atoms with Crippen LogP contribution in [0.25, 0.3) is 0 Å². The van der Waals surface area contributed by atoms with Gasteiger partial charge in [-0.1, -0.05) is 31.4 Å². The van der Waals surface area contributed by atoms with Gasteiger partial charge in [0.2, 0.25) is 11.8 Å². The third-order valence-corrected chi connectivity index (χ3v) is 8.30. The molecule has 8 heteroatoms. The number of nitrogens with zero attached hydrogens (tertiary/aromatic N) is 2. The maximum absolute atomic E-state index is 13.7. The van der Waals surface area contributed by atoms with Crippen molar-refractivity contribution in [3.63, 3.8) is 0 Å². The summed E-state index contributed by atoms with van der Waals surface area (Å²) in [4.78, 5) is 32.1. The van der Waals surface area contributed by atoms with Crippen molar-refractivity contribution in [1.29, 1.82) is 0 Å². The Morgan fingerprint density at radius 1 is 1.00 bits per heavy atom. The number of hydrogen-bond donors (Lipinski definition) is 0. The second-order valence-corrected chi connectivity index (χ2v) is 11.1. The number of benzene rings is 1. The molecule has 1 aliphatic heterocycles. The van der Waals surface area contributed by atoms with Crippen LogP contribution >= 0.6 is 11.3 Å². The van der Waals surface area contributed by atoms with Crippen molar-refractivity contribution < 1.29 is 23.8 Å². The van der Waals surface area contributed by atoms with E-state index in [0.29, 0.717) is 37.6 Å². The van der Waals surface area contributed by atoms with Gasteiger partial charge in [0.05, 0.1) is 33.4 Å². The Hall–Kier alpha value is -2.58. The lowest BCUT2D eigenvalue weighted by molar-refractivity contribution is -0.145. The Morgan fingerprint density at radius 2 is 1.81 bits per heavy atom. The molecule has 0 N–H and O–H groups in total. The van der Waals surface area contributed by atoms with Gasteiger partial charge in [0, 0.05) is 30.5 Å². The molecule has 2 amide bonds. The Kier molecular flexibility index (Phi) is 10.3. The lowest BCUT2D eigenvalue weighted by Crippen LogP contribution is -2.48. The number of rotatable bonds is 12. The minimum atomic E-state index is -0.0176. The van der Waals surface area contributed by atoms with Gasteiger partial charge in [-0.25, -0.2) is 0 Å². The van der Waals surface area contributed by atoms with E-state index >= 15 is 0 Å². The minimum absolute atomic E-state index is 0.0176. The number of amides is 2. The fourth-order valence-electron chi connectivity index (χ4n) is 5.32. The van der Waals surface area contributed by atoms with Crippen molar-refractivity contribution in [1.82, 2.24) is 9.80 Å². The summed E-state index contributed by atoms with van der Waals surface area (Å²) in [5, 5.41) is 2.03. The molecule has 4 rings (SSSR count). The summed E-state index contributed by atoms with van der Waals surface area (Å²) in [6.07, 6.45) is 7.89. The summed E-state index contributed by atoms with van der Waals surface area (Å²) < 4.78 is 16.7. The molecule has 37 heavy (non-hydrogen) atoms. The fourth-order valence-corrected chi connectivity index (χ4v) is 6.04. The highest BCUT2D eigenvalue weighted by Gasteiger charge is 2.31. The molecule has 0 radical (unpaired) electrons. The zero-order chi connectivity index (χ0) is 26.0. The average Bonchev–Trinajstić information content (AvgIpc) is 3.65. The summed E-state index contributed by atoms with van der Waals surface area (Å²) in [5.41, 5.74) is 1.07. The van der Waals surface area contributed by atoms with Gasteiger partial charge in [-0.05, 0) is 61.2 Å². The van der Waals surface area contributed by atoms with Gasteiger partial charge in [-0.2, -0.15) is 0 Å². The first-order chi connectivity index (χ1) is 18.1. The molecular formula is C29H40N2O5S. The highest BCUT2D eigenvalue weighted by Crippen LogP contribution is 2.28. The first-order valence-electron chi connectivity index (χ1n) is 13.5. The van der Waals surface area contributed by atoms with E-state index in [-0.39, 0.29) is 30.4 Å². The molecule has 1 saturated heterocycles. The van der Waals surface area contributed by atoms with Gasteiger partial charge in [0.15, 0.2) is 11.5 Å². The first kappa shape index (κ1) is 27.5. The third-order valence-electron chi connectivity index (χ3n) is 7.44. The number of methoxy groups -OCH3 is 2. The fraction of sp³-hybridized carbons (Fsp3) is 0.586. The molecule has 1 aromatic carbocycles. The summed E-state index contributed by atoms with van der Waals surface area (Å²) in [6.45, 7) is 2.43. The van der Waals surface area contributed by atoms with Crippen LogP contribution in [0.15, 0.2) is 35.7 Å². The molecule has 2 aliphatic rings. The summed E-state index contributed by atoms with van der Waals surface area (Å²) >= 11 is 1.64. The molecule has 1 saturated carbocycles. The largest absolute Gasteiger partial charge is 0.493 e. The van der Waals surface area contributed by atoms with Crippen LogP contribution in [0.1, 0.15) is 55.4 Å². The van der Waals surface area contributed by atoms with Crippen molar-refractivity contribution in [3.05, 3.63) is 46.2 Å². The molecule has 1 atom stereocenters.